The molecule has 2 fully saturated rings. The van der Waals surface area contributed by atoms with E-state index < -0.39 is 0 Å². The molecular formula is C22H29ClN2O2. The first-order valence-corrected chi connectivity index (χ1v) is 9.84. The van der Waals surface area contributed by atoms with Crippen molar-refractivity contribution in [1.29, 1.82) is 0 Å². The number of benzene rings is 2. The monoisotopic (exact) mass is 388 g/mol. The Hall–Kier alpha value is -1.62. The molecule has 2 aliphatic rings. The molecule has 1 saturated carbocycles. The Balaban J connectivity index is 0.00000210. The quantitative estimate of drug-likeness (QED) is 0.839. The number of carbonyl (C=O) groups is 1. The molecule has 4 nitrogen and oxygen atoms in total. The topological polar surface area (TPSA) is 41.6 Å². The van der Waals surface area contributed by atoms with Crippen LogP contribution in [-0.4, -0.2) is 42.6 Å². The average molecular weight is 389 g/mol. The maximum absolute atomic E-state index is 12.2. The number of ether oxygens (including phenoxy) is 1. The van der Waals surface area contributed by atoms with Crippen LogP contribution in [0, 0.1) is 0 Å². The zero-order valence-corrected chi connectivity index (χ0v) is 16.7. The van der Waals surface area contributed by atoms with Gasteiger partial charge in [-0.05, 0) is 36.1 Å². The number of nitrogens with one attached hydrogen (secondary N) is 1. The van der Waals surface area contributed by atoms with Crippen LogP contribution in [0.3, 0.4) is 0 Å². The Morgan fingerprint density at radius 3 is 2.70 bits per heavy atom. The van der Waals surface area contributed by atoms with Crippen molar-refractivity contribution in [2.45, 2.75) is 50.8 Å². The Morgan fingerprint density at radius 1 is 1.15 bits per heavy atom. The summed E-state index contributed by atoms with van der Waals surface area (Å²) in [6.45, 7) is 3.91. The van der Waals surface area contributed by atoms with E-state index in [1.807, 2.05) is 0 Å². The fraction of sp³-hybridized carbons (Fsp3) is 0.500. The van der Waals surface area contributed by atoms with Crippen molar-refractivity contribution in [3.63, 3.8) is 0 Å². The zero-order chi connectivity index (χ0) is 17.9. The van der Waals surface area contributed by atoms with Crippen molar-refractivity contribution in [3.8, 4) is 0 Å². The lowest BCUT2D eigenvalue weighted by molar-refractivity contribution is -0.151. The van der Waals surface area contributed by atoms with Crippen molar-refractivity contribution in [2.75, 3.05) is 19.7 Å². The lowest BCUT2D eigenvalue weighted by atomic mass is 9.99. The third kappa shape index (κ3) is 4.45. The molecule has 0 spiro atoms. The number of fused-ring (bicyclic) bond motifs is 1. The molecule has 0 aromatic heterocycles. The second kappa shape index (κ2) is 9.05. The minimum Gasteiger partial charge on any atom is -0.365 e. The van der Waals surface area contributed by atoms with Crippen molar-refractivity contribution < 1.29 is 9.53 Å². The number of rotatable bonds is 5. The Kier molecular flexibility index (Phi) is 6.74. The molecule has 1 amide bonds. The van der Waals surface area contributed by atoms with Gasteiger partial charge in [0.05, 0.1) is 6.10 Å². The normalized spacial score (nSPS) is 22.0. The summed E-state index contributed by atoms with van der Waals surface area (Å²) in [5.74, 6) is 0.162. The Labute approximate surface area is 167 Å². The van der Waals surface area contributed by atoms with Crippen molar-refractivity contribution in [2.24, 2.45) is 0 Å². The summed E-state index contributed by atoms with van der Waals surface area (Å²) in [6, 6.07) is 15.6. The highest BCUT2D eigenvalue weighted by Crippen LogP contribution is 2.26. The van der Waals surface area contributed by atoms with E-state index in [4.69, 9.17) is 4.74 Å². The van der Waals surface area contributed by atoms with Crippen LogP contribution in [0.15, 0.2) is 42.5 Å². The number of carbonyl (C=O) groups excluding carboxylic acids is 1. The van der Waals surface area contributed by atoms with E-state index in [1.165, 1.54) is 29.2 Å². The second-order valence-corrected chi connectivity index (χ2v) is 7.62. The predicted octanol–water partition coefficient (Wildman–Crippen LogP) is 4.08. The largest absolute Gasteiger partial charge is 0.365 e. The average Bonchev–Trinajstić information content (AvgIpc) is 3.21. The van der Waals surface area contributed by atoms with Crippen molar-refractivity contribution in [3.05, 3.63) is 48.0 Å². The lowest BCUT2D eigenvalue weighted by Crippen LogP contribution is -2.53. The summed E-state index contributed by atoms with van der Waals surface area (Å²) in [7, 11) is 0. The van der Waals surface area contributed by atoms with E-state index in [1.54, 1.807) is 0 Å². The van der Waals surface area contributed by atoms with Crippen molar-refractivity contribution in [1.82, 2.24) is 10.2 Å². The van der Waals surface area contributed by atoms with Crippen LogP contribution >= 0.6 is 12.4 Å². The molecule has 2 aromatic rings. The van der Waals surface area contributed by atoms with Crippen molar-refractivity contribution >= 4 is 29.1 Å². The number of hydrogen-bond donors (Lipinski definition) is 1. The molecule has 0 bridgehead atoms. The molecule has 1 N–H and O–H groups in total. The molecule has 1 unspecified atom stereocenters. The van der Waals surface area contributed by atoms with Gasteiger partial charge in [0.25, 0.3) is 0 Å². The van der Waals surface area contributed by atoms with Gasteiger partial charge in [-0.3, -0.25) is 4.79 Å². The van der Waals surface area contributed by atoms with E-state index in [0.29, 0.717) is 6.04 Å². The first-order valence-electron chi connectivity index (χ1n) is 9.84. The van der Waals surface area contributed by atoms with Crippen LogP contribution in [0.5, 0.6) is 0 Å². The molecule has 1 saturated heterocycles. The summed E-state index contributed by atoms with van der Waals surface area (Å²) < 4.78 is 5.80. The van der Waals surface area contributed by atoms with E-state index in [9.17, 15) is 4.79 Å². The minimum absolute atomic E-state index is 0. The number of hydrogen-bond acceptors (Lipinski definition) is 3. The Bertz CT molecular complexity index is 771. The maximum atomic E-state index is 12.2. The fourth-order valence-electron chi connectivity index (χ4n) is 4.38. The molecule has 2 aromatic carbocycles. The maximum Gasteiger partial charge on any atom is 0.248 e. The van der Waals surface area contributed by atoms with Crippen LogP contribution < -0.4 is 5.32 Å². The van der Waals surface area contributed by atoms with Gasteiger partial charge in [-0.15, -0.1) is 12.4 Å². The fourth-order valence-corrected chi connectivity index (χ4v) is 4.38. The van der Waals surface area contributed by atoms with Gasteiger partial charge in [0.15, 0.2) is 0 Å². The highest BCUT2D eigenvalue weighted by Gasteiger charge is 2.33. The molecule has 1 aliphatic heterocycles. The highest BCUT2D eigenvalue weighted by atomic mass is 35.5. The number of halogens is 1. The van der Waals surface area contributed by atoms with E-state index >= 15 is 0 Å². The molecule has 1 heterocycles. The molecule has 1 aliphatic carbocycles. The van der Waals surface area contributed by atoms with Crippen LogP contribution in [-0.2, 0) is 9.53 Å². The summed E-state index contributed by atoms with van der Waals surface area (Å²) in [5, 5.41) is 6.19. The van der Waals surface area contributed by atoms with Gasteiger partial charge in [0.1, 0.15) is 6.61 Å². The number of morpholine rings is 1. The molecular weight excluding hydrogens is 360 g/mol. The van der Waals surface area contributed by atoms with E-state index in [2.05, 4.69) is 59.6 Å². The van der Waals surface area contributed by atoms with Gasteiger partial charge < -0.3 is 15.0 Å². The van der Waals surface area contributed by atoms with Crippen LogP contribution in [0.2, 0.25) is 0 Å². The first-order chi connectivity index (χ1) is 12.7. The van der Waals surface area contributed by atoms with Crippen LogP contribution in [0.25, 0.3) is 10.8 Å². The molecule has 5 heteroatoms. The van der Waals surface area contributed by atoms with Gasteiger partial charge >= 0.3 is 0 Å². The second-order valence-electron chi connectivity index (χ2n) is 7.62. The molecule has 146 valence electrons. The lowest BCUT2D eigenvalue weighted by Gasteiger charge is -2.37. The number of nitrogens with zero attached hydrogens (tertiary/aromatic N) is 1. The van der Waals surface area contributed by atoms with Gasteiger partial charge in [-0.1, -0.05) is 55.3 Å². The summed E-state index contributed by atoms with van der Waals surface area (Å²) in [6.07, 6.45) is 4.87. The Morgan fingerprint density at radius 2 is 1.89 bits per heavy atom. The van der Waals surface area contributed by atoms with Crippen LogP contribution in [0.1, 0.15) is 44.2 Å². The zero-order valence-electron chi connectivity index (χ0n) is 15.9. The smallest absolute Gasteiger partial charge is 0.248 e. The molecule has 27 heavy (non-hydrogen) atoms. The van der Waals surface area contributed by atoms with Gasteiger partial charge in [0.2, 0.25) is 5.91 Å². The minimum atomic E-state index is 0. The van der Waals surface area contributed by atoms with Crippen LogP contribution in [0.4, 0.5) is 0 Å². The van der Waals surface area contributed by atoms with Gasteiger partial charge in [-0.25, -0.2) is 0 Å². The SMILES string of the molecule is C[C@@H](NCC1CN(C2CCCC2)C(=O)CO1)c1cccc2ccccc12.Cl. The first kappa shape index (κ1) is 20.1. The summed E-state index contributed by atoms with van der Waals surface area (Å²) in [5.41, 5.74) is 1.31. The van der Waals surface area contributed by atoms with E-state index in [-0.39, 0.29) is 37.1 Å². The van der Waals surface area contributed by atoms with E-state index in [0.717, 1.165) is 25.9 Å². The van der Waals surface area contributed by atoms with Gasteiger partial charge in [0, 0.05) is 25.2 Å². The number of amides is 1. The highest BCUT2D eigenvalue weighted by molar-refractivity contribution is 5.86. The standard InChI is InChI=1S/C22H28N2O2.ClH/c1-16(20-12-6-8-17-7-2-5-11-21(17)20)23-13-19-14-24(22(25)15-26-19)18-9-3-4-10-18;/h2,5-8,11-12,16,18-19,23H,3-4,9-10,13-15H2,1H3;1H/t16-,19?;/m1./s1. The van der Waals surface area contributed by atoms with Gasteiger partial charge in [-0.2, -0.15) is 0 Å². The summed E-state index contributed by atoms with van der Waals surface area (Å²) >= 11 is 0. The molecule has 2 atom stereocenters. The third-order valence-electron chi connectivity index (χ3n) is 5.87. The molecule has 0 radical (unpaired) electrons. The summed E-state index contributed by atoms with van der Waals surface area (Å²) in [4.78, 5) is 14.3. The third-order valence-corrected chi connectivity index (χ3v) is 5.87. The predicted molar refractivity (Wildman–Crippen MR) is 111 cm³/mol. The molecule has 4 rings (SSSR count).